The molecule has 1 aliphatic rings. The Morgan fingerprint density at radius 3 is 2.60 bits per heavy atom. The van der Waals surface area contributed by atoms with E-state index in [9.17, 15) is 9.18 Å². The Morgan fingerprint density at radius 1 is 1.09 bits per heavy atom. The molecule has 184 valence electrons. The van der Waals surface area contributed by atoms with Crippen LogP contribution in [0.15, 0.2) is 54.6 Å². The molecule has 0 amide bonds. The van der Waals surface area contributed by atoms with Gasteiger partial charge in [-0.05, 0) is 86.1 Å². The fourth-order valence-electron chi connectivity index (χ4n) is 4.99. The molecule has 0 N–H and O–H groups in total. The van der Waals surface area contributed by atoms with Crippen LogP contribution in [0.1, 0.15) is 47.6 Å². The number of rotatable bonds is 8. The average molecular weight is 475 g/mol. The van der Waals surface area contributed by atoms with Gasteiger partial charge in [0.15, 0.2) is 0 Å². The van der Waals surface area contributed by atoms with Crippen molar-refractivity contribution >= 4 is 23.0 Å². The highest BCUT2D eigenvalue weighted by molar-refractivity contribution is 5.74. The standard InChI is InChI=1S/C30H35FN2O2/c1-5-35-29(34)17-15-23-14-16-26(19-27(23)31)32(4)20-25-13-12-24-10-8-18-33(30(24)22(25)3)28-11-7-6-9-21(28)2/h6-7,9,11-14,16,19H,5,8,10,15,17-18,20H2,1-4H3. The number of carbonyl (C=O) groups excluding carboxylic acids is 1. The maximum absolute atomic E-state index is 14.8. The van der Waals surface area contributed by atoms with E-state index in [4.69, 9.17) is 4.74 Å². The summed E-state index contributed by atoms with van der Waals surface area (Å²) in [5.41, 5.74) is 9.12. The number of ether oxygens (including phenoxy) is 1. The second kappa shape index (κ2) is 10.9. The Hall–Kier alpha value is -3.34. The summed E-state index contributed by atoms with van der Waals surface area (Å²) in [6, 6.07) is 18.3. The van der Waals surface area contributed by atoms with Gasteiger partial charge < -0.3 is 14.5 Å². The molecule has 1 heterocycles. The lowest BCUT2D eigenvalue weighted by atomic mass is 9.93. The molecule has 0 saturated carbocycles. The molecular formula is C30H35FN2O2. The van der Waals surface area contributed by atoms with Crippen molar-refractivity contribution in [2.45, 2.75) is 53.0 Å². The molecule has 0 bridgehead atoms. The fourth-order valence-corrected chi connectivity index (χ4v) is 4.99. The van der Waals surface area contributed by atoms with E-state index in [1.807, 2.05) is 13.1 Å². The van der Waals surface area contributed by atoms with Gasteiger partial charge >= 0.3 is 5.97 Å². The second-order valence-electron chi connectivity index (χ2n) is 9.34. The number of fused-ring (bicyclic) bond motifs is 1. The monoisotopic (exact) mass is 474 g/mol. The summed E-state index contributed by atoms with van der Waals surface area (Å²) in [4.78, 5) is 16.2. The fraction of sp³-hybridized carbons (Fsp3) is 0.367. The number of nitrogens with zero attached hydrogens (tertiary/aromatic N) is 2. The minimum atomic E-state index is -0.296. The highest BCUT2D eigenvalue weighted by atomic mass is 19.1. The van der Waals surface area contributed by atoms with Gasteiger partial charge in [0.2, 0.25) is 0 Å². The Morgan fingerprint density at radius 2 is 1.86 bits per heavy atom. The van der Waals surface area contributed by atoms with Gasteiger partial charge in [-0.25, -0.2) is 4.39 Å². The van der Waals surface area contributed by atoms with Gasteiger partial charge in [0.25, 0.3) is 0 Å². The summed E-state index contributed by atoms with van der Waals surface area (Å²) in [5, 5.41) is 0. The number of benzene rings is 3. The highest BCUT2D eigenvalue weighted by Gasteiger charge is 2.23. The molecule has 3 aromatic rings. The molecule has 4 nitrogen and oxygen atoms in total. The van der Waals surface area contributed by atoms with E-state index in [1.54, 1.807) is 19.1 Å². The van der Waals surface area contributed by atoms with Crippen molar-refractivity contribution in [2.75, 3.05) is 30.0 Å². The number of esters is 1. The molecule has 4 rings (SSSR count). The van der Waals surface area contributed by atoms with Crippen LogP contribution < -0.4 is 9.80 Å². The molecule has 0 unspecified atom stereocenters. The zero-order valence-electron chi connectivity index (χ0n) is 21.2. The lowest BCUT2D eigenvalue weighted by molar-refractivity contribution is -0.143. The molecule has 0 fully saturated rings. The predicted octanol–water partition coefficient (Wildman–Crippen LogP) is 6.66. The molecule has 0 saturated heterocycles. The Labute approximate surface area is 208 Å². The zero-order valence-corrected chi connectivity index (χ0v) is 21.2. The minimum Gasteiger partial charge on any atom is -0.466 e. The third-order valence-corrected chi connectivity index (χ3v) is 6.92. The van der Waals surface area contributed by atoms with E-state index in [2.05, 4.69) is 60.0 Å². The minimum absolute atomic E-state index is 0.186. The predicted molar refractivity (Wildman–Crippen MR) is 141 cm³/mol. The van der Waals surface area contributed by atoms with Crippen LogP contribution in [-0.4, -0.2) is 26.2 Å². The lowest BCUT2D eigenvalue weighted by Gasteiger charge is -2.35. The highest BCUT2D eigenvalue weighted by Crippen LogP contribution is 2.39. The van der Waals surface area contributed by atoms with Crippen LogP contribution in [-0.2, 0) is 28.9 Å². The van der Waals surface area contributed by atoms with E-state index in [0.717, 1.165) is 25.1 Å². The van der Waals surface area contributed by atoms with Crippen molar-refractivity contribution in [3.8, 4) is 0 Å². The first-order valence-electron chi connectivity index (χ1n) is 12.5. The maximum atomic E-state index is 14.8. The second-order valence-corrected chi connectivity index (χ2v) is 9.34. The summed E-state index contributed by atoms with van der Waals surface area (Å²) < 4.78 is 19.7. The number of hydrogen-bond donors (Lipinski definition) is 0. The van der Waals surface area contributed by atoms with Crippen molar-refractivity contribution in [2.24, 2.45) is 0 Å². The molecule has 35 heavy (non-hydrogen) atoms. The average Bonchev–Trinajstić information content (AvgIpc) is 2.85. The first-order valence-corrected chi connectivity index (χ1v) is 12.5. The van der Waals surface area contributed by atoms with E-state index in [1.165, 1.54) is 33.6 Å². The number of anilines is 3. The summed E-state index contributed by atoms with van der Waals surface area (Å²) in [5.74, 6) is -0.581. The molecule has 0 aliphatic carbocycles. The Bertz CT molecular complexity index is 1210. The molecule has 1 aliphatic heterocycles. The van der Waals surface area contributed by atoms with E-state index >= 15 is 0 Å². The van der Waals surface area contributed by atoms with Gasteiger partial charge in [-0.2, -0.15) is 0 Å². The quantitative estimate of drug-likeness (QED) is 0.342. The van der Waals surface area contributed by atoms with E-state index in [0.29, 0.717) is 25.1 Å². The first kappa shape index (κ1) is 24.8. The van der Waals surface area contributed by atoms with Gasteiger partial charge in [0.1, 0.15) is 5.82 Å². The summed E-state index contributed by atoms with van der Waals surface area (Å²) >= 11 is 0. The third kappa shape index (κ3) is 5.50. The molecule has 0 spiro atoms. The van der Waals surface area contributed by atoms with Gasteiger partial charge in [-0.15, -0.1) is 0 Å². The maximum Gasteiger partial charge on any atom is 0.306 e. The van der Waals surface area contributed by atoms with Crippen molar-refractivity contribution in [3.63, 3.8) is 0 Å². The van der Waals surface area contributed by atoms with Crippen LogP contribution in [0.3, 0.4) is 0 Å². The largest absolute Gasteiger partial charge is 0.466 e. The normalized spacial score (nSPS) is 12.9. The van der Waals surface area contributed by atoms with Crippen LogP contribution in [0.5, 0.6) is 0 Å². The first-order chi connectivity index (χ1) is 16.9. The van der Waals surface area contributed by atoms with Gasteiger partial charge in [-0.1, -0.05) is 36.4 Å². The van der Waals surface area contributed by atoms with E-state index < -0.39 is 0 Å². The molecule has 5 heteroatoms. The van der Waals surface area contributed by atoms with Crippen molar-refractivity contribution in [3.05, 3.63) is 88.2 Å². The van der Waals surface area contributed by atoms with Crippen molar-refractivity contribution < 1.29 is 13.9 Å². The van der Waals surface area contributed by atoms with Crippen LogP contribution in [0, 0.1) is 19.7 Å². The molecule has 0 atom stereocenters. The topological polar surface area (TPSA) is 32.8 Å². The number of halogens is 1. The van der Waals surface area contributed by atoms with Crippen LogP contribution in [0.25, 0.3) is 0 Å². The molecule has 0 radical (unpaired) electrons. The van der Waals surface area contributed by atoms with Crippen molar-refractivity contribution in [1.29, 1.82) is 0 Å². The third-order valence-electron chi connectivity index (χ3n) is 6.92. The van der Waals surface area contributed by atoms with Crippen LogP contribution in [0.4, 0.5) is 21.5 Å². The zero-order chi connectivity index (χ0) is 24.9. The van der Waals surface area contributed by atoms with Gasteiger partial charge in [0, 0.05) is 43.6 Å². The Kier molecular flexibility index (Phi) is 7.74. The smallest absolute Gasteiger partial charge is 0.306 e. The summed E-state index contributed by atoms with van der Waals surface area (Å²) in [6.45, 7) is 8.18. The lowest BCUT2D eigenvalue weighted by Crippen LogP contribution is -2.27. The van der Waals surface area contributed by atoms with Gasteiger partial charge in [0.05, 0.1) is 6.61 Å². The summed E-state index contributed by atoms with van der Waals surface area (Å²) in [7, 11) is 1.99. The number of hydrogen-bond acceptors (Lipinski definition) is 4. The van der Waals surface area contributed by atoms with Crippen LogP contribution in [0.2, 0.25) is 0 Å². The number of para-hydroxylation sites is 1. The van der Waals surface area contributed by atoms with Gasteiger partial charge in [-0.3, -0.25) is 4.79 Å². The summed E-state index contributed by atoms with van der Waals surface area (Å²) in [6.07, 6.45) is 2.76. The SMILES string of the molecule is CCOC(=O)CCc1ccc(N(C)Cc2ccc3c(c2C)N(c2ccccc2C)CCC3)cc1F. The molecular weight excluding hydrogens is 439 g/mol. The number of carbonyl (C=O) groups is 1. The van der Waals surface area contributed by atoms with E-state index in [-0.39, 0.29) is 18.2 Å². The Balaban J connectivity index is 1.54. The van der Waals surface area contributed by atoms with Crippen LogP contribution >= 0.6 is 0 Å². The molecule has 3 aromatic carbocycles. The van der Waals surface area contributed by atoms with Crippen molar-refractivity contribution in [1.82, 2.24) is 0 Å². The molecule has 0 aromatic heterocycles. The number of aryl methyl sites for hydroxylation is 3.